The van der Waals surface area contributed by atoms with E-state index in [1.165, 1.54) is 12.3 Å². The lowest BCUT2D eigenvalue weighted by atomic mass is 10.1. The molecule has 2 heterocycles. The minimum absolute atomic E-state index is 0.00865. The summed E-state index contributed by atoms with van der Waals surface area (Å²) in [5.74, 6) is 1.04. The minimum atomic E-state index is -0.524. The highest BCUT2D eigenvalue weighted by Crippen LogP contribution is 2.35. The third-order valence-corrected chi connectivity index (χ3v) is 7.25. The Morgan fingerprint density at radius 3 is 2.60 bits per heavy atom. The summed E-state index contributed by atoms with van der Waals surface area (Å²) >= 11 is 3.35. The number of hydrogen-bond donors (Lipinski definition) is 0. The molecule has 0 spiro atoms. The van der Waals surface area contributed by atoms with Gasteiger partial charge in [0.25, 0.3) is 5.56 Å². The van der Waals surface area contributed by atoms with Gasteiger partial charge in [0.15, 0.2) is 5.76 Å². The summed E-state index contributed by atoms with van der Waals surface area (Å²) < 4.78 is 19.1. The number of rotatable bonds is 8. The summed E-state index contributed by atoms with van der Waals surface area (Å²) in [5.41, 5.74) is 2.50. The van der Waals surface area contributed by atoms with E-state index >= 15 is 0 Å². The number of aryl methyl sites for hydroxylation is 1. The number of nitrogens with zero attached hydrogens (tertiary/aromatic N) is 4. The third kappa shape index (κ3) is 5.50. The van der Waals surface area contributed by atoms with Crippen molar-refractivity contribution >= 4 is 49.7 Å². The van der Waals surface area contributed by atoms with Gasteiger partial charge in [0.2, 0.25) is 11.6 Å². The predicted octanol–water partition coefficient (Wildman–Crippen LogP) is 7.26. The fraction of sp³-hybridized carbons (Fsp3) is 0.0938. The van der Waals surface area contributed by atoms with Crippen LogP contribution in [0.2, 0.25) is 0 Å². The smallest absolute Gasteiger partial charge is 0.312 e. The molecule has 4 aromatic carbocycles. The van der Waals surface area contributed by atoms with Crippen molar-refractivity contribution in [2.75, 3.05) is 7.11 Å². The van der Waals surface area contributed by atoms with E-state index in [0.29, 0.717) is 32.1 Å². The molecule has 0 aliphatic carbocycles. The van der Waals surface area contributed by atoms with Gasteiger partial charge in [0, 0.05) is 16.1 Å². The highest BCUT2D eigenvalue weighted by atomic mass is 79.9. The van der Waals surface area contributed by atoms with Crippen molar-refractivity contribution in [1.29, 1.82) is 0 Å². The molecule has 0 N–H and O–H groups in total. The molecule has 6 rings (SSSR count). The van der Waals surface area contributed by atoms with Crippen LogP contribution in [0.25, 0.3) is 33.5 Å². The molecule has 0 radical (unpaired) electrons. The van der Waals surface area contributed by atoms with E-state index < -0.39 is 10.5 Å². The molecule has 10 nitrogen and oxygen atoms in total. The fourth-order valence-corrected chi connectivity index (χ4v) is 5.12. The highest BCUT2D eigenvalue weighted by Gasteiger charge is 2.22. The summed E-state index contributed by atoms with van der Waals surface area (Å²) in [4.78, 5) is 29.9. The first-order valence-electron chi connectivity index (χ1n) is 13.1. The first-order chi connectivity index (χ1) is 20.8. The number of furan rings is 1. The lowest BCUT2D eigenvalue weighted by Crippen LogP contribution is -2.20. The van der Waals surface area contributed by atoms with Gasteiger partial charge in [-0.2, -0.15) is 9.78 Å². The zero-order chi connectivity index (χ0) is 30.1. The van der Waals surface area contributed by atoms with Crippen LogP contribution in [-0.4, -0.2) is 27.9 Å². The van der Waals surface area contributed by atoms with Crippen molar-refractivity contribution < 1.29 is 18.8 Å². The van der Waals surface area contributed by atoms with Crippen molar-refractivity contribution in [3.8, 4) is 23.1 Å². The van der Waals surface area contributed by atoms with Crippen LogP contribution >= 0.6 is 15.9 Å². The second-order valence-corrected chi connectivity index (χ2v) is 10.6. The molecule has 6 aromatic rings. The molecule has 0 amide bonds. The normalized spacial score (nSPS) is 11.4. The Morgan fingerprint density at radius 1 is 1.05 bits per heavy atom. The van der Waals surface area contributed by atoms with Crippen LogP contribution in [0.5, 0.6) is 11.5 Å². The van der Waals surface area contributed by atoms with E-state index in [2.05, 4.69) is 21.0 Å². The summed E-state index contributed by atoms with van der Waals surface area (Å²) in [6.45, 7) is 2.06. The number of aromatic nitrogens is 2. The maximum atomic E-state index is 13.7. The number of fused-ring (bicyclic) bond motifs is 2. The molecule has 43 heavy (non-hydrogen) atoms. The minimum Gasteiger partial charge on any atom is -0.496 e. The highest BCUT2D eigenvalue weighted by molar-refractivity contribution is 9.10. The molecule has 0 saturated carbocycles. The van der Waals surface area contributed by atoms with Gasteiger partial charge in [-0.25, -0.2) is 4.98 Å². The van der Waals surface area contributed by atoms with Gasteiger partial charge >= 0.3 is 5.69 Å². The van der Waals surface area contributed by atoms with Gasteiger partial charge in [-0.15, -0.1) is 0 Å². The molecule has 0 aliphatic heterocycles. The van der Waals surface area contributed by atoms with Crippen molar-refractivity contribution in [3.63, 3.8) is 0 Å². The van der Waals surface area contributed by atoms with Crippen LogP contribution in [0.1, 0.15) is 16.7 Å². The van der Waals surface area contributed by atoms with Crippen LogP contribution < -0.4 is 15.0 Å². The SMILES string of the molecule is COc1cccc2oc(-c3nc4ccccc4c(=O)n3N=Cc3cc(Br)cc([N+](=O)[O-])c3OCc3ccc(C)cc3)cc12. The Balaban J connectivity index is 1.50. The van der Waals surface area contributed by atoms with Gasteiger partial charge in [-0.05, 0) is 48.9 Å². The van der Waals surface area contributed by atoms with Gasteiger partial charge < -0.3 is 13.9 Å². The molecule has 0 unspecified atom stereocenters. The Morgan fingerprint density at radius 2 is 1.84 bits per heavy atom. The second-order valence-electron chi connectivity index (χ2n) is 9.67. The van der Waals surface area contributed by atoms with E-state index in [1.807, 2.05) is 31.2 Å². The molecule has 11 heteroatoms. The molecule has 2 aromatic heterocycles. The molecular weight excluding hydrogens is 616 g/mol. The van der Waals surface area contributed by atoms with Crippen LogP contribution in [0.15, 0.2) is 104 Å². The first-order valence-corrected chi connectivity index (χ1v) is 13.9. The van der Waals surface area contributed by atoms with Crippen LogP contribution in [0.4, 0.5) is 5.69 Å². The number of para-hydroxylation sites is 1. The van der Waals surface area contributed by atoms with Crippen molar-refractivity contribution in [2.24, 2.45) is 5.10 Å². The maximum absolute atomic E-state index is 13.7. The first kappa shape index (κ1) is 27.9. The number of ether oxygens (including phenoxy) is 2. The number of halogens is 1. The molecule has 0 fully saturated rings. The predicted molar refractivity (Wildman–Crippen MR) is 167 cm³/mol. The van der Waals surface area contributed by atoms with Gasteiger partial charge in [-0.3, -0.25) is 14.9 Å². The van der Waals surface area contributed by atoms with Gasteiger partial charge in [0.05, 0.1) is 34.5 Å². The standard InChI is InChI=1S/C32H23BrN4O6/c1-19-10-12-20(13-11-19)18-42-30-21(14-22(33)15-26(30)37(39)40)17-34-36-31(35-25-7-4-3-6-23(25)32(36)38)29-16-24-27(41-2)8-5-9-28(24)43-29/h3-17H,18H2,1-2H3. The van der Waals surface area contributed by atoms with Crippen LogP contribution in [-0.2, 0) is 6.61 Å². The molecule has 0 bridgehead atoms. The lowest BCUT2D eigenvalue weighted by molar-refractivity contribution is -0.386. The lowest BCUT2D eigenvalue weighted by Gasteiger charge is -2.11. The number of hydrogen-bond acceptors (Lipinski definition) is 8. The zero-order valence-electron chi connectivity index (χ0n) is 23.0. The van der Waals surface area contributed by atoms with Crippen molar-refractivity contribution in [1.82, 2.24) is 9.66 Å². The van der Waals surface area contributed by atoms with E-state index in [-0.39, 0.29) is 35.2 Å². The van der Waals surface area contributed by atoms with E-state index in [9.17, 15) is 14.9 Å². The Hall–Kier alpha value is -5.29. The second kappa shape index (κ2) is 11.5. The fourth-order valence-electron chi connectivity index (χ4n) is 4.66. The largest absolute Gasteiger partial charge is 0.496 e. The molecular formula is C32H23BrN4O6. The quantitative estimate of drug-likeness (QED) is 0.0976. The average molecular weight is 639 g/mol. The zero-order valence-corrected chi connectivity index (χ0v) is 24.6. The van der Waals surface area contributed by atoms with Crippen molar-refractivity contribution in [2.45, 2.75) is 13.5 Å². The molecule has 0 saturated heterocycles. The average Bonchev–Trinajstić information content (AvgIpc) is 3.45. The Kier molecular flexibility index (Phi) is 7.47. The number of benzene rings is 4. The third-order valence-electron chi connectivity index (χ3n) is 6.79. The van der Waals surface area contributed by atoms with Gasteiger partial charge in [0.1, 0.15) is 17.9 Å². The van der Waals surface area contributed by atoms with Crippen molar-refractivity contribution in [3.05, 3.63) is 127 Å². The van der Waals surface area contributed by atoms with E-state index in [0.717, 1.165) is 15.8 Å². The Labute approximate surface area is 253 Å². The summed E-state index contributed by atoms with van der Waals surface area (Å²) in [6.07, 6.45) is 1.34. The maximum Gasteiger partial charge on any atom is 0.312 e. The molecule has 0 atom stereocenters. The summed E-state index contributed by atoms with van der Waals surface area (Å²) in [5, 5.41) is 17.5. The topological polar surface area (TPSA) is 122 Å². The number of nitro benzene ring substituents is 1. The van der Waals surface area contributed by atoms with E-state index in [1.54, 1.807) is 61.7 Å². The number of methoxy groups -OCH3 is 1. The van der Waals surface area contributed by atoms with Crippen LogP contribution in [0, 0.1) is 17.0 Å². The summed E-state index contributed by atoms with van der Waals surface area (Å²) in [7, 11) is 1.56. The molecule has 0 aliphatic rings. The molecule has 214 valence electrons. The monoisotopic (exact) mass is 638 g/mol. The number of nitro groups is 1. The van der Waals surface area contributed by atoms with E-state index in [4.69, 9.17) is 18.9 Å². The summed E-state index contributed by atoms with van der Waals surface area (Å²) in [6, 6.07) is 24.7. The van der Waals surface area contributed by atoms with Crippen LogP contribution in [0.3, 0.4) is 0 Å². The Bertz CT molecular complexity index is 2100. The van der Waals surface area contributed by atoms with Gasteiger partial charge in [-0.1, -0.05) is 64.0 Å².